The lowest BCUT2D eigenvalue weighted by atomic mass is 9.79. The number of benzene rings is 1. The molecule has 0 saturated heterocycles. The molecule has 1 aromatic carbocycles. The van der Waals surface area contributed by atoms with Gasteiger partial charge in [-0.05, 0) is 37.0 Å². The summed E-state index contributed by atoms with van der Waals surface area (Å²) in [6.45, 7) is 0. The van der Waals surface area contributed by atoms with Crippen molar-refractivity contribution in [3.63, 3.8) is 0 Å². The summed E-state index contributed by atoms with van der Waals surface area (Å²) in [6.07, 6.45) is 3.38. The van der Waals surface area contributed by atoms with E-state index in [1.165, 1.54) is 18.4 Å². The van der Waals surface area contributed by atoms with Gasteiger partial charge in [0, 0.05) is 21.6 Å². The summed E-state index contributed by atoms with van der Waals surface area (Å²) in [4.78, 5) is 0. The van der Waals surface area contributed by atoms with Gasteiger partial charge in [-0.15, -0.1) is 0 Å². The zero-order valence-corrected chi connectivity index (χ0v) is 9.92. The third-order valence-electron chi connectivity index (χ3n) is 3.98. The highest BCUT2D eigenvalue weighted by Gasteiger charge is 2.50. The van der Waals surface area contributed by atoms with Crippen molar-refractivity contribution in [2.75, 3.05) is 5.73 Å². The van der Waals surface area contributed by atoms with Crippen molar-refractivity contribution in [2.24, 2.45) is 0 Å². The highest BCUT2D eigenvalue weighted by molar-refractivity contribution is 6.30. The largest absolute Gasteiger partial charge is 0.381 e. The smallest absolute Gasteiger partial charge is 0.172 e. The number of aromatic nitrogens is 1. The Labute approximate surface area is 104 Å². The van der Waals surface area contributed by atoms with Crippen LogP contribution in [0.4, 0.5) is 5.82 Å². The second-order valence-corrected chi connectivity index (χ2v) is 5.46. The van der Waals surface area contributed by atoms with Crippen molar-refractivity contribution < 1.29 is 4.52 Å². The van der Waals surface area contributed by atoms with Crippen LogP contribution in [0.3, 0.4) is 0 Å². The summed E-state index contributed by atoms with van der Waals surface area (Å²) in [5.74, 6) is 1.33. The molecule has 0 atom stereocenters. The number of halogens is 1. The fraction of sp³-hybridized carbons (Fsp3) is 0.308. The lowest BCUT2D eigenvalue weighted by molar-refractivity contribution is 0.432. The Kier molecular flexibility index (Phi) is 1.60. The van der Waals surface area contributed by atoms with E-state index in [9.17, 15) is 0 Å². The van der Waals surface area contributed by atoms with E-state index in [1.807, 2.05) is 12.1 Å². The van der Waals surface area contributed by atoms with Gasteiger partial charge in [0.25, 0.3) is 0 Å². The highest BCUT2D eigenvalue weighted by atomic mass is 35.5. The first-order valence-corrected chi connectivity index (χ1v) is 6.12. The van der Waals surface area contributed by atoms with E-state index in [4.69, 9.17) is 21.9 Å². The minimum Gasteiger partial charge on any atom is -0.381 e. The quantitative estimate of drug-likeness (QED) is 0.777. The molecular formula is C13H11ClN2O. The molecule has 1 spiro atoms. The predicted molar refractivity (Wildman–Crippen MR) is 66.0 cm³/mol. The van der Waals surface area contributed by atoms with Crippen LogP contribution in [0.25, 0.3) is 11.3 Å². The van der Waals surface area contributed by atoms with Gasteiger partial charge in [-0.2, -0.15) is 0 Å². The summed E-state index contributed by atoms with van der Waals surface area (Å²) in [5, 5.41) is 4.60. The van der Waals surface area contributed by atoms with Gasteiger partial charge in [-0.25, -0.2) is 0 Å². The standard InChI is InChI=1S/C13H11ClN2O/c14-7-1-2-10-8(5-7)11-9(12(15)16-17-11)6-13(10)3-4-13/h1-2,5H,3-4,6H2,(H2,15,16). The molecule has 3 nitrogen and oxygen atoms in total. The van der Waals surface area contributed by atoms with Crippen LogP contribution >= 0.6 is 11.6 Å². The van der Waals surface area contributed by atoms with Crippen molar-refractivity contribution in [3.8, 4) is 11.3 Å². The number of hydrogen-bond acceptors (Lipinski definition) is 3. The normalized spacial score (nSPS) is 18.9. The first kappa shape index (κ1) is 9.54. The van der Waals surface area contributed by atoms with Gasteiger partial charge >= 0.3 is 0 Å². The van der Waals surface area contributed by atoms with Crippen LogP contribution in [0.15, 0.2) is 22.7 Å². The zero-order chi connectivity index (χ0) is 11.6. The fourth-order valence-corrected chi connectivity index (χ4v) is 3.07. The maximum Gasteiger partial charge on any atom is 0.172 e. The van der Waals surface area contributed by atoms with Gasteiger partial charge < -0.3 is 10.3 Å². The van der Waals surface area contributed by atoms with E-state index in [0.29, 0.717) is 5.82 Å². The maximum absolute atomic E-state index is 6.07. The van der Waals surface area contributed by atoms with E-state index < -0.39 is 0 Å². The lowest BCUT2D eigenvalue weighted by Gasteiger charge is -2.24. The number of anilines is 1. The van der Waals surface area contributed by atoms with Gasteiger partial charge in [0.15, 0.2) is 11.6 Å². The molecule has 0 radical (unpaired) electrons. The van der Waals surface area contributed by atoms with Crippen LogP contribution in [-0.2, 0) is 11.8 Å². The van der Waals surface area contributed by atoms with E-state index >= 15 is 0 Å². The number of fused-ring (bicyclic) bond motifs is 4. The molecule has 2 N–H and O–H groups in total. The number of nitrogen functional groups attached to an aromatic ring is 1. The molecule has 86 valence electrons. The minimum absolute atomic E-state index is 0.270. The molecule has 4 rings (SSSR count). The first-order chi connectivity index (χ1) is 8.20. The predicted octanol–water partition coefficient (Wildman–Crippen LogP) is 3.16. The fourth-order valence-electron chi connectivity index (χ4n) is 2.90. The van der Waals surface area contributed by atoms with Gasteiger partial charge in [0.1, 0.15) is 0 Å². The Morgan fingerprint density at radius 2 is 2.18 bits per heavy atom. The van der Waals surface area contributed by atoms with Crippen LogP contribution in [0.2, 0.25) is 5.02 Å². The molecule has 0 aliphatic heterocycles. The molecule has 1 aromatic heterocycles. The first-order valence-electron chi connectivity index (χ1n) is 5.74. The molecule has 2 aliphatic carbocycles. The number of nitrogens with two attached hydrogens (primary N) is 1. The SMILES string of the molecule is Nc1noc2c1CC1(CC1)c1ccc(Cl)cc1-2. The van der Waals surface area contributed by atoms with E-state index in [2.05, 4.69) is 11.2 Å². The van der Waals surface area contributed by atoms with Gasteiger partial charge in [-0.3, -0.25) is 0 Å². The van der Waals surface area contributed by atoms with Crippen molar-refractivity contribution >= 4 is 17.4 Å². The molecular weight excluding hydrogens is 236 g/mol. The molecule has 4 heteroatoms. The van der Waals surface area contributed by atoms with Gasteiger partial charge in [-0.1, -0.05) is 22.8 Å². The second kappa shape index (κ2) is 2.85. The average Bonchev–Trinajstić information content (AvgIpc) is 2.98. The molecule has 2 aromatic rings. The third kappa shape index (κ3) is 1.15. The van der Waals surface area contributed by atoms with Crippen LogP contribution in [-0.4, -0.2) is 5.16 Å². The van der Waals surface area contributed by atoms with Crippen molar-refractivity contribution in [3.05, 3.63) is 34.3 Å². The monoisotopic (exact) mass is 246 g/mol. The number of rotatable bonds is 0. The Hall–Kier alpha value is -1.48. The molecule has 1 fully saturated rings. The van der Waals surface area contributed by atoms with E-state index in [0.717, 1.165) is 28.3 Å². The summed E-state index contributed by atoms with van der Waals surface area (Å²) in [6, 6.07) is 6.02. The van der Waals surface area contributed by atoms with Crippen LogP contribution in [0.1, 0.15) is 24.0 Å². The van der Waals surface area contributed by atoms with Crippen LogP contribution < -0.4 is 5.73 Å². The van der Waals surface area contributed by atoms with E-state index in [-0.39, 0.29) is 5.41 Å². The summed E-state index contributed by atoms with van der Waals surface area (Å²) >= 11 is 6.07. The Morgan fingerprint density at radius 1 is 1.35 bits per heavy atom. The Morgan fingerprint density at radius 3 is 2.94 bits per heavy atom. The van der Waals surface area contributed by atoms with Crippen LogP contribution in [0, 0.1) is 0 Å². The van der Waals surface area contributed by atoms with Crippen LogP contribution in [0.5, 0.6) is 0 Å². The summed E-state index contributed by atoms with van der Waals surface area (Å²) in [5.41, 5.74) is 9.60. The van der Waals surface area contributed by atoms with Gasteiger partial charge in [0.2, 0.25) is 0 Å². The maximum atomic E-state index is 6.07. The van der Waals surface area contributed by atoms with Crippen molar-refractivity contribution in [2.45, 2.75) is 24.7 Å². The second-order valence-electron chi connectivity index (χ2n) is 5.02. The molecule has 1 saturated carbocycles. The molecule has 2 aliphatic rings. The number of nitrogens with zero attached hydrogens (tertiary/aromatic N) is 1. The Balaban J connectivity index is 2.06. The highest BCUT2D eigenvalue weighted by Crippen LogP contribution is 2.58. The summed E-state index contributed by atoms with van der Waals surface area (Å²) in [7, 11) is 0. The van der Waals surface area contributed by atoms with E-state index in [1.54, 1.807) is 0 Å². The molecule has 1 heterocycles. The minimum atomic E-state index is 0.270. The third-order valence-corrected chi connectivity index (χ3v) is 4.22. The van der Waals surface area contributed by atoms with Gasteiger partial charge in [0.05, 0.1) is 0 Å². The number of hydrogen-bond donors (Lipinski definition) is 1. The molecule has 17 heavy (non-hydrogen) atoms. The van der Waals surface area contributed by atoms with Crippen molar-refractivity contribution in [1.29, 1.82) is 0 Å². The lowest BCUT2D eigenvalue weighted by Crippen LogP contribution is -2.17. The molecule has 0 unspecified atom stereocenters. The summed E-state index contributed by atoms with van der Waals surface area (Å²) < 4.78 is 5.36. The molecule has 0 bridgehead atoms. The molecule has 0 amide bonds. The zero-order valence-electron chi connectivity index (χ0n) is 9.16. The average molecular weight is 247 g/mol. The Bertz CT molecular complexity index is 628. The topological polar surface area (TPSA) is 52.0 Å². The van der Waals surface area contributed by atoms with Crippen molar-refractivity contribution in [1.82, 2.24) is 5.16 Å².